The lowest BCUT2D eigenvalue weighted by atomic mass is 10.1. The van der Waals surface area contributed by atoms with Crippen molar-refractivity contribution in [2.24, 2.45) is 0 Å². The van der Waals surface area contributed by atoms with Crippen molar-refractivity contribution in [1.29, 1.82) is 0 Å². The quantitative estimate of drug-likeness (QED) is 0.785. The second-order valence-corrected chi connectivity index (χ2v) is 6.70. The molecule has 7 nitrogen and oxygen atoms in total. The number of carbonyl (C=O) groups excluding carboxylic acids is 1. The summed E-state index contributed by atoms with van der Waals surface area (Å²) in [6.07, 6.45) is 3.25. The first-order valence-corrected chi connectivity index (χ1v) is 8.95. The van der Waals surface area contributed by atoms with E-state index in [9.17, 15) is 18.0 Å². The summed E-state index contributed by atoms with van der Waals surface area (Å²) >= 11 is 0. The number of rotatable bonds is 5. The Morgan fingerprint density at radius 3 is 2.46 bits per heavy atom. The summed E-state index contributed by atoms with van der Waals surface area (Å²) in [4.78, 5) is 29.1. The Balaban J connectivity index is 1.78. The molecule has 2 aromatic rings. The molecule has 0 radical (unpaired) electrons. The molecule has 1 fully saturated rings. The van der Waals surface area contributed by atoms with Crippen LogP contribution in [-0.4, -0.2) is 48.0 Å². The van der Waals surface area contributed by atoms with Gasteiger partial charge in [-0.2, -0.15) is 15.0 Å². The van der Waals surface area contributed by atoms with Crippen LogP contribution in [0.2, 0.25) is 0 Å². The zero-order valence-corrected chi connectivity index (χ0v) is 15.7. The Bertz CT molecular complexity index is 871. The Morgan fingerprint density at radius 2 is 1.79 bits per heavy atom. The SMILES string of the molecule is CN(C)c1nc(CNC(=O)c2ccc(F)c(F)c2F)nc(N2CCCCC2)n1. The van der Waals surface area contributed by atoms with E-state index in [1.54, 1.807) is 19.0 Å². The van der Waals surface area contributed by atoms with Crippen LogP contribution in [0, 0.1) is 17.5 Å². The van der Waals surface area contributed by atoms with Crippen LogP contribution in [0.4, 0.5) is 25.1 Å². The lowest BCUT2D eigenvalue weighted by molar-refractivity contribution is 0.0944. The van der Waals surface area contributed by atoms with Gasteiger partial charge >= 0.3 is 0 Å². The molecule has 0 spiro atoms. The van der Waals surface area contributed by atoms with E-state index in [2.05, 4.69) is 25.2 Å². The van der Waals surface area contributed by atoms with Gasteiger partial charge in [-0.05, 0) is 31.4 Å². The van der Waals surface area contributed by atoms with Gasteiger partial charge in [0.05, 0.1) is 12.1 Å². The summed E-state index contributed by atoms with van der Waals surface area (Å²) < 4.78 is 40.2. The second kappa shape index (κ2) is 8.41. The molecule has 0 atom stereocenters. The van der Waals surface area contributed by atoms with Crippen molar-refractivity contribution in [1.82, 2.24) is 20.3 Å². The summed E-state index contributed by atoms with van der Waals surface area (Å²) in [6, 6.07) is 1.59. The fraction of sp³-hybridized carbons (Fsp3) is 0.444. The van der Waals surface area contributed by atoms with Crippen LogP contribution in [0.5, 0.6) is 0 Å². The number of hydrogen-bond donors (Lipinski definition) is 1. The van der Waals surface area contributed by atoms with Crippen LogP contribution in [0.1, 0.15) is 35.4 Å². The summed E-state index contributed by atoms with van der Waals surface area (Å²) in [5.41, 5.74) is -0.586. The maximum absolute atomic E-state index is 13.8. The molecule has 1 aliphatic heterocycles. The summed E-state index contributed by atoms with van der Waals surface area (Å²) in [5, 5.41) is 2.44. The fourth-order valence-electron chi connectivity index (χ4n) is 2.87. The number of aromatic nitrogens is 3. The molecule has 2 heterocycles. The first-order valence-electron chi connectivity index (χ1n) is 8.95. The highest BCUT2D eigenvalue weighted by molar-refractivity contribution is 5.94. The predicted molar refractivity (Wildman–Crippen MR) is 97.7 cm³/mol. The van der Waals surface area contributed by atoms with Crippen molar-refractivity contribution in [2.45, 2.75) is 25.8 Å². The molecule has 28 heavy (non-hydrogen) atoms. The number of anilines is 2. The third-order valence-corrected chi connectivity index (χ3v) is 4.38. The van der Waals surface area contributed by atoms with Gasteiger partial charge in [0.1, 0.15) is 0 Å². The molecule has 10 heteroatoms. The number of nitrogens with zero attached hydrogens (tertiary/aromatic N) is 5. The van der Waals surface area contributed by atoms with Crippen LogP contribution in [0.25, 0.3) is 0 Å². The zero-order chi connectivity index (χ0) is 20.3. The molecule has 150 valence electrons. The molecule has 1 aromatic carbocycles. The average molecular weight is 394 g/mol. The Morgan fingerprint density at radius 1 is 1.07 bits per heavy atom. The number of hydrogen-bond acceptors (Lipinski definition) is 6. The highest BCUT2D eigenvalue weighted by Crippen LogP contribution is 2.18. The smallest absolute Gasteiger partial charge is 0.254 e. The Hall–Kier alpha value is -2.91. The Labute approximate surface area is 160 Å². The van der Waals surface area contributed by atoms with E-state index in [0.29, 0.717) is 18.0 Å². The lowest BCUT2D eigenvalue weighted by Gasteiger charge is -2.27. The molecule has 0 saturated carbocycles. The van der Waals surface area contributed by atoms with Gasteiger partial charge < -0.3 is 15.1 Å². The molecular formula is C18H21F3N6O. The van der Waals surface area contributed by atoms with E-state index >= 15 is 0 Å². The van der Waals surface area contributed by atoms with Gasteiger partial charge in [-0.15, -0.1) is 0 Å². The van der Waals surface area contributed by atoms with Crippen LogP contribution < -0.4 is 15.1 Å². The second-order valence-electron chi connectivity index (χ2n) is 6.70. The van der Waals surface area contributed by atoms with Crippen molar-refractivity contribution in [3.63, 3.8) is 0 Å². The minimum absolute atomic E-state index is 0.110. The summed E-state index contributed by atoms with van der Waals surface area (Å²) in [6.45, 7) is 1.56. The monoisotopic (exact) mass is 394 g/mol. The topological polar surface area (TPSA) is 74.2 Å². The number of nitrogens with one attached hydrogen (secondary N) is 1. The minimum atomic E-state index is -1.69. The van der Waals surface area contributed by atoms with Crippen molar-refractivity contribution in [2.75, 3.05) is 37.0 Å². The number of carbonyl (C=O) groups is 1. The van der Waals surface area contributed by atoms with E-state index in [0.717, 1.165) is 38.4 Å². The molecule has 1 amide bonds. The van der Waals surface area contributed by atoms with Gasteiger partial charge in [0.25, 0.3) is 5.91 Å². The average Bonchev–Trinajstić information content (AvgIpc) is 2.70. The van der Waals surface area contributed by atoms with Crippen molar-refractivity contribution in [3.8, 4) is 0 Å². The molecule has 1 aliphatic rings. The van der Waals surface area contributed by atoms with E-state index in [1.165, 1.54) is 0 Å². The maximum Gasteiger partial charge on any atom is 0.254 e. The van der Waals surface area contributed by atoms with Gasteiger partial charge in [-0.25, -0.2) is 13.2 Å². The lowest BCUT2D eigenvalue weighted by Crippen LogP contribution is -2.33. The van der Waals surface area contributed by atoms with Crippen LogP contribution in [0.3, 0.4) is 0 Å². The molecular weight excluding hydrogens is 373 g/mol. The van der Waals surface area contributed by atoms with Crippen molar-refractivity contribution < 1.29 is 18.0 Å². The van der Waals surface area contributed by atoms with Gasteiger partial charge in [0, 0.05) is 27.2 Å². The molecule has 0 bridgehead atoms. The first-order chi connectivity index (χ1) is 13.4. The van der Waals surface area contributed by atoms with Gasteiger partial charge in [-0.3, -0.25) is 4.79 Å². The molecule has 1 N–H and O–H groups in total. The molecule has 0 aliphatic carbocycles. The van der Waals surface area contributed by atoms with E-state index < -0.39 is 28.9 Å². The van der Waals surface area contributed by atoms with Crippen LogP contribution in [-0.2, 0) is 6.54 Å². The molecule has 1 aromatic heterocycles. The van der Waals surface area contributed by atoms with E-state index in [1.807, 2.05) is 0 Å². The summed E-state index contributed by atoms with van der Waals surface area (Å²) in [7, 11) is 3.57. The van der Waals surface area contributed by atoms with Crippen LogP contribution >= 0.6 is 0 Å². The van der Waals surface area contributed by atoms with E-state index in [-0.39, 0.29) is 12.4 Å². The number of amides is 1. The summed E-state index contributed by atoms with van der Waals surface area (Å²) in [5.74, 6) is -4.22. The molecule has 3 rings (SSSR count). The van der Waals surface area contributed by atoms with Gasteiger partial charge in [-0.1, -0.05) is 0 Å². The minimum Gasteiger partial charge on any atom is -0.347 e. The van der Waals surface area contributed by atoms with Gasteiger partial charge in [0.15, 0.2) is 23.3 Å². The highest BCUT2D eigenvalue weighted by Gasteiger charge is 2.20. The third-order valence-electron chi connectivity index (χ3n) is 4.38. The highest BCUT2D eigenvalue weighted by atomic mass is 19.2. The molecule has 0 unspecified atom stereocenters. The van der Waals surface area contributed by atoms with Crippen LogP contribution in [0.15, 0.2) is 12.1 Å². The number of piperidine rings is 1. The first kappa shape index (κ1) is 19.8. The predicted octanol–water partition coefficient (Wildman–Crippen LogP) is 2.28. The number of halogens is 3. The van der Waals surface area contributed by atoms with E-state index in [4.69, 9.17) is 0 Å². The Kier molecular flexibility index (Phi) is 5.96. The van der Waals surface area contributed by atoms with Crippen molar-refractivity contribution >= 4 is 17.8 Å². The van der Waals surface area contributed by atoms with Gasteiger partial charge in [0.2, 0.25) is 11.9 Å². The molecule has 1 saturated heterocycles. The number of benzene rings is 1. The standard InChI is InChI=1S/C18H21F3N6O/c1-26(2)17-23-13(24-18(25-17)27-8-4-3-5-9-27)10-22-16(28)11-6-7-12(19)15(21)14(11)20/h6-7H,3-5,8-10H2,1-2H3,(H,22,28). The fourth-order valence-corrected chi connectivity index (χ4v) is 2.87. The largest absolute Gasteiger partial charge is 0.347 e. The van der Waals surface area contributed by atoms with Crippen molar-refractivity contribution in [3.05, 3.63) is 41.0 Å². The zero-order valence-electron chi connectivity index (χ0n) is 15.7. The third kappa shape index (κ3) is 4.32. The maximum atomic E-state index is 13.8. The normalized spacial score (nSPS) is 14.1.